The first kappa shape index (κ1) is 27.2. The first-order chi connectivity index (χ1) is 23.8. The van der Waals surface area contributed by atoms with Gasteiger partial charge in [-0.25, -0.2) is 0 Å². The summed E-state index contributed by atoms with van der Waals surface area (Å²) in [5.74, 6) is 0. The molecule has 0 unspecified atom stereocenters. The van der Waals surface area contributed by atoms with Crippen molar-refractivity contribution in [3.63, 3.8) is 0 Å². The molecule has 0 saturated carbocycles. The lowest BCUT2D eigenvalue weighted by Crippen LogP contribution is -2.11. The molecule has 0 aliphatic carbocycles. The first-order valence-corrected chi connectivity index (χ1v) is 17.3. The van der Waals surface area contributed by atoms with E-state index in [1.54, 1.807) is 0 Å². The van der Waals surface area contributed by atoms with Crippen molar-refractivity contribution in [2.75, 3.05) is 4.90 Å². The molecule has 0 aliphatic heterocycles. The molecule has 2 heteroatoms. The van der Waals surface area contributed by atoms with Gasteiger partial charge in [0.15, 0.2) is 0 Å². The summed E-state index contributed by atoms with van der Waals surface area (Å²) in [4.78, 5) is 2.51. The van der Waals surface area contributed by atoms with Gasteiger partial charge in [0.2, 0.25) is 0 Å². The van der Waals surface area contributed by atoms with Crippen molar-refractivity contribution in [3.8, 4) is 11.1 Å². The number of benzene rings is 9. The Bertz CT molecular complexity index is 2850. The quantitative estimate of drug-likeness (QED) is 0.176. The summed E-state index contributed by atoms with van der Waals surface area (Å²) >= 11 is 1.89. The van der Waals surface area contributed by atoms with Crippen LogP contribution in [0.4, 0.5) is 17.1 Å². The molecule has 0 N–H and O–H groups in total. The van der Waals surface area contributed by atoms with Gasteiger partial charge in [-0.3, -0.25) is 0 Å². The van der Waals surface area contributed by atoms with Crippen LogP contribution in [-0.4, -0.2) is 0 Å². The number of thiophene rings is 1. The highest BCUT2D eigenvalue weighted by molar-refractivity contribution is 7.26. The molecular weight excluding hydrogens is 599 g/mol. The molecular formula is C46H29NS. The van der Waals surface area contributed by atoms with Crippen LogP contribution in [0.5, 0.6) is 0 Å². The van der Waals surface area contributed by atoms with Crippen LogP contribution in [-0.2, 0) is 0 Å². The number of hydrogen-bond donors (Lipinski definition) is 0. The molecule has 1 aromatic heterocycles. The predicted octanol–water partition coefficient (Wildman–Crippen LogP) is 13.8. The van der Waals surface area contributed by atoms with E-state index in [1.807, 2.05) is 11.3 Å². The van der Waals surface area contributed by atoms with E-state index in [2.05, 4.69) is 181 Å². The fourth-order valence-corrected chi connectivity index (χ4v) is 8.89. The number of anilines is 3. The Kier molecular flexibility index (Phi) is 6.12. The average Bonchev–Trinajstić information content (AvgIpc) is 3.55. The molecule has 0 fully saturated rings. The molecule has 0 aliphatic rings. The van der Waals surface area contributed by atoms with E-state index >= 15 is 0 Å². The average molecular weight is 628 g/mol. The van der Waals surface area contributed by atoms with E-state index in [-0.39, 0.29) is 0 Å². The standard InChI is InChI=1S/C46H29NS/c1-2-12-30(13-3-1)33-16-10-17-35(28-33)47(41-22-11-23-43-45(41)40-27-26-32-15-5-7-19-37(32)46(40)48-43)42-29-34-25-24-31-14-4-6-18-36(31)44(34)39-21-9-8-20-38(39)42/h1-29H. The highest BCUT2D eigenvalue weighted by Crippen LogP contribution is 2.49. The van der Waals surface area contributed by atoms with Crippen LogP contribution in [0.3, 0.4) is 0 Å². The lowest BCUT2D eigenvalue weighted by atomic mass is 9.94. The van der Waals surface area contributed by atoms with Gasteiger partial charge in [-0.05, 0) is 79.2 Å². The summed E-state index contributed by atoms with van der Waals surface area (Å²) in [6, 6.07) is 64.5. The van der Waals surface area contributed by atoms with Gasteiger partial charge >= 0.3 is 0 Å². The van der Waals surface area contributed by atoms with E-state index in [0.717, 1.165) is 5.69 Å². The second kappa shape index (κ2) is 10.8. The van der Waals surface area contributed by atoms with Crippen molar-refractivity contribution in [2.24, 2.45) is 0 Å². The molecule has 0 atom stereocenters. The van der Waals surface area contributed by atoms with Crippen molar-refractivity contribution in [1.29, 1.82) is 0 Å². The zero-order valence-electron chi connectivity index (χ0n) is 26.1. The molecule has 1 heterocycles. The van der Waals surface area contributed by atoms with Crippen LogP contribution in [0.2, 0.25) is 0 Å². The van der Waals surface area contributed by atoms with Gasteiger partial charge in [0.25, 0.3) is 0 Å². The van der Waals surface area contributed by atoms with Gasteiger partial charge in [0.05, 0.1) is 11.4 Å². The van der Waals surface area contributed by atoms with Crippen molar-refractivity contribution >= 4 is 91.7 Å². The minimum absolute atomic E-state index is 1.13. The lowest BCUT2D eigenvalue weighted by molar-refractivity contribution is 1.32. The second-order valence-electron chi connectivity index (χ2n) is 12.5. The molecule has 10 rings (SSSR count). The molecule has 10 aromatic rings. The maximum Gasteiger partial charge on any atom is 0.0555 e. The highest BCUT2D eigenvalue weighted by Gasteiger charge is 2.22. The smallest absolute Gasteiger partial charge is 0.0555 e. The fourth-order valence-electron chi connectivity index (χ4n) is 7.63. The van der Waals surface area contributed by atoms with E-state index in [1.165, 1.54) is 85.8 Å². The Hall–Kier alpha value is -5.96. The number of hydrogen-bond acceptors (Lipinski definition) is 2. The van der Waals surface area contributed by atoms with Crippen LogP contribution in [0.15, 0.2) is 176 Å². The summed E-state index contributed by atoms with van der Waals surface area (Å²) in [6.45, 7) is 0. The Labute approximate surface area is 282 Å². The zero-order valence-corrected chi connectivity index (χ0v) is 26.9. The van der Waals surface area contributed by atoms with Gasteiger partial charge < -0.3 is 4.90 Å². The van der Waals surface area contributed by atoms with E-state index in [9.17, 15) is 0 Å². The minimum Gasteiger partial charge on any atom is -0.309 e. The topological polar surface area (TPSA) is 3.24 Å². The van der Waals surface area contributed by atoms with E-state index < -0.39 is 0 Å². The molecule has 0 radical (unpaired) electrons. The van der Waals surface area contributed by atoms with Crippen LogP contribution < -0.4 is 4.90 Å². The van der Waals surface area contributed by atoms with Gasteiger partial charge in [0.1, 0.15) is 0 Å². The Morgan fingerprint density at radius 2 is 1.00 bits per heavy atom. The molecule has 48 heavy (non-hydrogen) atoms. The SMILES string of the molecule is c1ccc(-c2cccc(N(c3cc4ccc5ccccc5c4c4ccccc34)c3cccc4sc5c6ccccc6ccc5c34)c2)cc1. The molecule has 0 spiro atoms. The number of nitrogens with zero attached hydrogens (tertiary/aromatic N) is 1. The maximum absolute atomic E-state index is 2.51. The largest absolute Gasteiger partial charge is 0.309 e. The van der Waals surface area contributed by atoms with Crippen LogP contribution in [0.25, 0.3) is 74.4 Å². The van der Waals surface area contributed by atoms with Gasteiger partial charge in [-0.15, -0.1) is 11.3 Å². The normalized spacial score (nSPS) is 11.8. The lowest BCUT2D eigenvalue weighted by Gasteiger charge is -2.29. The summed E-state index contributed by atoms with van der Waals surface area (Å²) in [5.41, 5.74) is 5.90. The van der Waals surface area contributed by atoms with Crippen molar-refractivity contribution in [2.45, 2.75) is 0 Å². The molecule has 224 valence electrons. The number of rotatable bonds is 4. The fraction of sp³-hybridized carbons (Fsp3) is 0. The van der Waals surface area contributed by atoms with Crippen molar-refractivity contribution < 1.29 is 0 Å². The van der Waals surface area contributed by atoms with E-state index in [0.29, 0.717) is 0 Å². The Balaban J connectivity index is 1.33. The van der Waals surface area contributed by atoms with Crippen LogP contribution >= 0.6 is 11.3 Å². The zero-order chi connectivity index (χ0) is 31.6. The summed E-state index contributed by atoms with van der Waals surface area (Å²) in [7, 11) is 0. The van der Waals surface area contributed by atoms with Crippen molar-refractivity contribution in [1.82, 2.24) is 0 Å². The minimum atomic E-state index is 1.13. The summed E-state index contributed by atoms with van der Waals surface area (Å²) < 4.78 is 2.63. The molecule has 1 nitrogen and oxygen atoms in total. The van der Waals surface area contributed by atoms with Gasteiger partial charge in [0, 0.05) is 31.2 Å². The van der Waals surface area contributed by atoms with Crippen molar-refractivity contribution in [3.05, 3.63) is 176 Å². The summed E-state index contributed by atoms with van der Waals surface area (Å²) in [6.07, 6.45) is 0. The Morgan fingerprint density at radius 1 is 0.354 bits per heavy atom. The Morgan fingerprint density at radius 3 is 1.85 bits per heavy atom. The molecule has 0 bridgehead atoms. The van der Waals surface area contributed by atoms with Gasteiger partial charge in [-0.2, -0.15) is 0 Å². The monoisotopic (exact) mass is 627 g/mol. The highest BCUT2D eigenvalue weighted by atomic mass is 32.1. The van der Waals surface area contributed by atoms with Gasteiger partial charge in [-0.1, -0.05) is 146 Å². The van der Waals surface area contributed by atoms with Crippen LogP contribution in [0.1, 0.15) is 0 Å². The molecule has 9 aromatic carbocycles. The van der Waals surface area contributed by atoms with Crippen LogP contribution in [0, 0.1) is 0 Å². The first-order valence-electron chi connectivity index (χ1n) is 16.4. The third-order valence-corrected chi connectivity index (χ3v) is 11.0. The molecule has 0 saturated heterocycles. The van der Waals surface area contributed by atoms with E-state index in [4.69, 9.17) is 0 Å². The third-order valence-electron chi connectivity index (χ3n) is 9.78. The summed E-state index contributed by atoms with van der Waals surface area (Å²) in [5, 5.41) is 12.7. The predicted molar refractivity (Wildman–Crippen MR) is 209 cm³/mol. The maximum atomic E-state index is 2.51. The number of fused-ring (bicyclic) bond motifs is 10. The third kappa shape index (κ3) is 4.17. The molecule has 0 amide bonds. The second-order valence-corrected chi connectivity index (χ2v) is 13.5.